The Kier molecular flexibility index (Phi) is 5.92. The quantitative estimate of drug-likeness (QED) is 0.619. The van der Waals surface area contributed by atoms with E-state index >= 15 is 0 Å². The highest BCUT2D eigenvalue weighted by molar-refractivity contribution is 6.33. The molecule has 2 heterocycles. The molecule has 26 heavy (non-hydrogen) atoms. The van der Waals surface area contributed by atoms with Gasteiger partial charge in [0, 0.05) is 25.7 Å². The lowest BCUT2D eigenvalue weighted by Gasteiger charge is -2.42. The predicted molar refractivity (Wildman–Crippen MR) is 101 cm³/mol. The third kappa shape index (κ3) is 4.24. The normalized spacial score (nSPS) is 25.6. The second-order valence-corrected chi connectivity index (χ2v) is 7.01. The van der Waals surface area contributed by atoms with Crippen LogP contribution in [0.4, 0.5) is 5.69 Å². The summed E-state index contributed by atoms with van der Waals surface area (Å²) in [5, 5.41) is 3.40. The molecule has 1 amide bonds. The maximum atomic E-state index is 12.9. The molecule has 2 aliphatic heterocycles. The van der Waals surface area contributed by atoms with Crippen LogP contribution >= 0.6 is 11.6 Å². The van der Waals surface area contributed by atoms with E-state index in [0.29, 0.717) is 28.6 Å². The van der Waals surface area contributed by atoms with E-state index in [0.717, 1.165) is 26.1 Å². The van der Waals surface area contributed by atoms with Crippen LogP contribution in [0.25, 0.3) is 0 Å². The molecule has 0 saturated carbocycles. The van der Waals surface area contributed by atoms with Gasteiger partial charge in [-0.1, -0.05) is 17.5 Å². The van der Waals surface area contributed by atoms with Crippen LogP contribution in [0.1, 0.15) is 30.6 Å². The van der Waals surface area contributed by atoms with Gasteiger partial charge in [0.15, 0.2) is 6.10 Å². The molecule has 2 bridgehead atoms. The van der Waals surface area contributed by atoms with Crippen molar-refractivity contribution in [2.24, 2.45) is 0 Å². The van der Waals surface area contributed by atoms with Gasteiger partial charge < -0.3 is 20.5 Å². The number of hydrogen-bond donors (Lipinski definition) is 2. The van der Waals surface area contributed by atoms with E-state index < -0.39 is 0 Å². The third-order valence-electron chi connectivity index (χ3n) is 4.69. The summed E-state index contributed by atoms with van der Waals surface area (Å²) >= 11 is 6.13. The van der Waals surface area contributed by atoms with Crippen molar-refractivity contribution < 1.29 is 14.3 Å². The van der Waals surface area contributed by atoms with Gasteiger partial charge >= 0.3 is 0 Å². The van der Waals surface area contributed by atoms with Gasteiger partial charge in [0.1, 0.15) is 5.75 Å². The number of nitrogens with zero attached hydrogens (tertiary/aromatic N) is 1. The first kappa shape index (κ1) is 18.8. The number of hydrogen-bond acceptors (Lipinski definition) is 5. The third-order valence-corrected chi connectivity index (χ3v) is 5.02. The first-order valence-corrected chi connectivity index (χ1v) is 9.18. The molecule has 0 aromatic heterocycles. The second kappa shape index (κ2) is 8.17. The van der Waals surface area contributed by atoms with Crippen molar-refractivity contribution in [3.8, 4) is 17.6 Å². The summed E-state index contributed by atoms with van der Waals surface area (Å²) in [5.41, 5.74) is 6.60. The molecule has 0 radical (unpaired) electrons. The fourth-order valence-corrected chi connectivity index (χ4v) is 3.53. The minimum Gasteiger partial charge on any atom is -0.477 e. The molecule has 1 aromatic carbocycles. The predicted octanol–water partition coefficient (Wildman–Crippen LogP) is 1.92. The largest absolute Gasteiger partial charge is 0.477 e. The zero-order chi connectivity index (χ0) is 18.7. The summed E-state index contributed by atoms with van der Waals surface area (Å²) in [7, 11) is 0. The van der Waals surface area contributed by atoms with E-state index in [4.69, 9.17) is 26.8 Å². The number of nitrogens with one attached hydrogen (secondary N) is 1. The number of fused-ring (bicyclic) bond motifs is 2. The number of nitrogen functional groups attached to an aromatic ring is 1. The van der Waals surface area contributed by atoms with E-state index in [9.17, 15) is 4.79 Å². The monoisotopic (exact) mass is 377 g/mol. The maximum Gasteiger partial charge on any atom is 0.255 e. The van der Waals surface area contributed by atoms with Gasteiger partial charge in [0.05, 0.1) is 35.0 Å². The maximum absolute atomic E-state index is 12.9. The Hall–Kier alpha value is -1.94. The first-order valence-electron chi connectivity index (χ1n) is 8.80. The molecular formula is C19H24ClN3O3. The van der Waals surface area contributed by atoms with Crippen LogP contribution in [0, 0.1) is 11.8 Å². The molecule has 1 aromatic rings. The lowest BCUT2D eigenvalue weighted by Crippen LogP contribution is -2.58. The number of ether oxygens (including phenoxy) is 2. The molecule has 6 nitrogen and oxygen atoms in total. The highest BCUT2D eigenvalue weighted by Crippen LogP contribution is 2.30. The van der Waals surface area contributed by atoms with Crippen LogP contribution in [0.5, 0.6) is 5.75 Å². The van der Waals surface area contributed by atoms with E-state index in [2.05, 4.69) is 22.1 Å². The van der Waals surface area contributed by atoms with Crippen molar-refractivity contribution in [1.29, 1.82) is 0 Å². The smallest absolute Gasteiger partial charge is 0.255 e. The number of rotatable bonds is 4. The fraction of sp³-hybridized carbons (Fsp3) is 0.526. The Bertz CT molecular complexity index is 744. The Morgan fingerprint density at radius 1 is 1.50 bits per heavy atom. The molecule has 7 heteroatoms. The van der Waals surface area contributed by atoms with Crippen molar-refractivity contribution in [2.75, 3.05) is 32.0 Å². The van der Waals surface area contributed by atoms with E-state index in [1.807, 2.05) is 6.92 Å². The number of amides is 1. The van der Waals surface area contributed by atoms with Gasteiger partial charge in [-0.3, -0.25) is 9.69 Å². The Balaban J connectivity index is 1.78. The molecule has 2 aliphatic rings. The molecule has 0 aliphatic carbocycles. The van der Waals surface area contributed by atoms with Crippen LogP contribution in [-0.4, -0.2) is 55.3 Å². The number of carbonyl (C=O) groups excluding carboxylic acids is 1. The summed E-state index contributed by atoms with van der Waals surface area (Å²) in [4.78, 5) is 15.3. The molecule has 2 saturated heterocycles. The summed E-state index contributed by atoms with van der Waals surface area (Å²) in [5.74, 6) is 5.83. The van der Waals surface area contributed by atoms with E-state index in [-0.39, 0.29) is 24.2 Å². The van der Waals surface area contributed by atoms with Crippen LogP contribution in [0.2, 0.25) is 5.02 Å². The van der Waals surface area contributed by atoms with Crippen molar-refractivity contribution >= 4 is 23.2 Å². The molecule has 0 spiro atoms. The first-order chi connectivity index (χ1) is 12.5. The minimum absolute atomic E-state index is 0.0138. The van der Waals surface area contributed by atoms with E-state index in [1.165, 1.54) is 0 Å². The molecule has 2 fully saturated rings. The van der Waals surface area contributed by atoms with Crippen molar-refractivity contribution in [3.05, 3.63) is 22.7 Å². The number of anilines is 1. The summed E-state index contributed by atoms with van der Waals surface area (Å²) in [6, 6.07) is 3.09. The topological polar surface area (TPSA) is 76.8 Å². The molecule has 1 unspecified atom stereocenters. The molecule has 3 N–H and O–H groups in total. The fourth-order valence-electron chi connectivity index (χ4n) is 3.36. The summed E-state index contributed by atoms with van der Waals surface area (Å²) in [6.45, 7) is 7.01. The molecular weight excluding hydrogens is 354 g/mol. The van der Waals surface area contributed by atoms with Gasteiger partial charge in [0.25, 0.3) is 5.91 Å². The second-order valence-electron chi connectivity index (χ2n) is 6.60. The highest BCUT2D eigenvalue weighted by atomic mass is 35.5. The van der Waals surface area contributed by atoms with Gasteiger partial charge in [-0.2, -0.15) is 0 Å². The van der Waals surface area contributed by atoms with Crippen molar-refractivity contribution in [1.82, 2.24) is 10.2 Å². The van der Waals surface area contributed by atoms with E-state index in [1.54, 1.807) is 19.1 Å². The number of halogens is 1. The number of morpholine rings is 1. The Morgan fingerprint density at radius 3 is 3.08 bits per heavy atom. The Labute approximate surface area is 159 Å². The lowest BCUT2D eigenvalue weighted by molar-refractivity contribution is -0.0702. The van der Waals surface area contributed by atoms with Crippen LogP contribution in [-0.2, 0) is 4.74 Å². The molecule has 3 rings (SSSR count). The van der Waals surface area contributed by atoms with Gasteiger partial charge in [0.2, 0.25) is 0 Å². The summed E-state index contributed by atoms with van der Waals surface area (Å²) < 4.78 is 11.6. The highest BCUT2D eigenvalue weighted by Gasteiger charge is 2.34. The number of nitrogens with two attached hydrogens (primary N) is 1. The van der Waals surface area contributed by atoms with Crippen LogP contribution in [0.3, 0.4) is 0 Å². The van der Waals surface area contributed by atoms with Gasteiger partial charge in [-0.15, -0.1) is 5.92 Å². The number of carbonyl (C=O) groups is 1. The van der Waals surface area contributed by atoms with Crippen LogP contribution in [0.15, 0.2) is 12.1 Å². The van der Waals surface area contributed by atoms with Gasteiger partial charge in [-0.25, -0.2) is 0 Å². The Morgan fingerprint density at radius 2 is 2.31 bits per heavy atom. The average molecular weight is 378 g/mol. The van der Waals surface area contributed by atoms with Gasteiger partial charge in [-0.05, 0) is 26.3 Å². The average Bonchev–Trinajstić information content (AvgIpc) is 2.61. The minimum atomic E-state index is -0.364. The zero-order valence-corrected chi connectivity index (χ0v) is 15.8. The van der Waals surface area contributed by atoms with Crippen molar-refractivity contribution in [3.63, 3.8) is 0 Å². The summed E-state index contributed by atoms with van der Waals surface area (Å²) in [6.07, 6.45) is 0.504. The van der Waals surface area contributed by atoms with Crippen molar-refractivity contribution in [2.45, 2.75) is 38.5 Å². The number of benzene rings is 1. The SMILES string of the molecule is CC#C[C@H](C)Oc1cc(N)c(Cl)cc1C(=O)N[C@H]1CCN2CCO[C@@H]1C2. The molecule has 4 atom stereocenters. The van der Waals surface area contributed by atoms with Crippen LogP contribution < -0.4 is 15.8 Å². The standard InChI is InChI=1S/C19H24ClN3O3/c1-3-4-12(2)26-17-10-15(21)14(20)9-13(17)19(24)22-16-5-6-23-7-8-25-18(16)11-23/h9-10,12,16,18H,5-8,11,21H2,1-2H3,(H,22,24)/t12-,16-,18+/m0/s1. The number of piperidine rings is 1. The lowest BCUT2D eigenvalue weighted by atomic mass is 9.99. The zero-order valence-electron chi connectivity index (χ0n) is 15.0. The molecule has 140 valence electrons.